The number of hydrogen-bond acceptors (Lipinski definition) is 5. The largest absolute Gasteiger partial charge is 0.477 e. The van der Waals surface area contributed by atoms with Crippen molar-refractivity contribution in [2.45, 2.75) is 32.4 Å². The molecular weight excluding hydrogens is 324 g/mol. The predicted molar refractivity (Wildman–Crippen MR) is 91.4 cm³/mol. The molecule has 1 aromatic carbocycles. The van der Waals surface area contributed by atoms with Crippen LogP contribution in [0.15, 0.2) is 52.7 Å². The van der Waals surface area contributed by atoms with Crippen molar-refractivity contribution >= 4 is 11.7 Å². The molecule has 0 spiro atoms. The van der Waals surface area contributed by atoms with E-state index in [2.05, 4.69) is 5.16 Å². The SMILES string of the molecule is CC1=NO[C@@](C)(Cn2cc(Oc3ccccc3)c(=O)c(C(=O)O)c2)C1. The fourth-order valence-electron chi connectivity index (χ4n) is 2.80. The van der Waals surface area contributed by atoms with E-state index in [1.807, 2.05) is 19.9 Å². The zero-order chi connectivity index (χ0) is 18.0. The van der Waals surface area contributed by atoms with Gasteiger partial charge in [0, 0.05) is 12.6 Å². The second-order valence-electron chi connectivity index (χ2n) is 6.30. The second kappa shape index (κ2) is 6.43. The molecule has 1 aliphatic heterocycles. The van der Waals surface area contributed by atoms with E-state index in [1.54, 1.807) is 28.8 Å². The highest BCUT2D eigenvalue weighted by Gasteiger charge is 2.33. The Labute approximate surface area is 144 Å². The summed E-state index contributed by atoms with van der Waals surface area (Å²) in [5, 5.41) is 13.3. The first kappa shape index (κ1) is 16.8. The number of pyridine rings is 1. The number of benzene rings is 1. The fraction of sp³-hybridized carbons (Fsp3) is 0.278. The van der Waals surface area contributed by atoms with Crippen LogP contribution in [0.1, 0.15) is 30.6 Å². The third-order valence-electron chi connectivity index (χ3n) is 3.82. The Hall–Kier alpha value is -3.09. The Morgan fingerprint density at radius 2 is 2.08 bits per heavy atom. The lowest BCUT2D eigenvalue weighted by atomic mass is 10.0. The monoisotopic (exact) mass is 342 g/mol. The number of aromatic carboxylic acids is 1. The molecule has 1 aliphatic rings. The van der Waals surface area contributed by atoms with Gasteiger partial charge in [0.05, 0.1) is 18.5 Å². The van der Waals surface area contributed by atoms with Crippen LogP contribution in [0, 0.1) is 0 Å². The first-order chi connectivity index (χ1) is 11.9. The number of oxime groups is 1. The molecule has 1 atom stereocenters. The average molecular weight is 342 g/mol. The number of ether oxygens (including phenoxy) is 1. The fourth-order valence-corrected chi connectivity index (χ4v) is 2.80. The van der Waals surface area contributed by atoms with Crippen LogP contribution in [0.5, 0.6) is 11.5 Å². The van der Waals surface area contributed by atoms with Crippen molar-refractivity contribution in [3.63, 3.8) is 0 Å². The minimum Gasteiger partial charge on any atom is -0.477 e. The number of carboxylic acid groups (broad SMARTS) is 1. The van der Waals surface area contributed by atoms with Crippen LogP contribution in [0.4, 0.5) is 0 Å². The highest BCUT2D eigenvalue weighted by atomic mass is 16.7. The number of rotatable bonds is 5. The number of nitrogens with zero attached hydrogens (tertiary/aromatic N) is 2. The van der Waals surface area contributed by atoms with E-state index in [0.29, 0.717) is 18.7 Å². The highest BCUT2D eigenvalue weighted by molar-refractivity contribution is 5.87. The molecule has 0 bridgehead atoms. The number of hydrogen-bond donors (Lipinski definition) is 1. The summed E-state index contributed by atoms with van der Waals surface area (Å²) in [5.74, 6) is -0.899. The van der Waals surface area contributed by atoms with Crippen molar-refractivity contribution in [1.29, 1.82) is 0 Å². The van der Waals surface area contributed by atoms with Gasteiger partial charge in [0.1, 0.15) is 11.3 Å². The van der Waals surface area contributed by atoms with Crippen LogP contribution in [0.2, 0.25) is 0 Å². The molecule has 130 valence electrons. The summed E-state index contributed by atoms with van der Waals surface area (Å²) in [6, 6.07) is 8.73. The molecule has 7 heteroatoms. The molecule has 0 aliphatic carbocycles. The molecule has 0 unspecified atom stereocenters. The third kappa shape index (κ3) is 3.71. The van der Waals surface area contributed by atoms with E-state index in [4.69, 9.17) is 9.57 Å². The van der Waals surface area contributed by atoms with E-state index in [9.17, 15) is 14.7 Å². The van der Waals surface area contributed by atoms with E-state index < -0.39 is 17.0 Å². The number of aromatic nitrogens is 1. The van der Waals surface area contributed by atoms with Crippen LogP contribution in [0.25, 0.3) is 0 Å². The number of carbonyl (C=O) groups is 1. The van der Waals surface area contributed by atoms with Gasteiger partial charge in [-0.3, -0.25) is 4.79 Å². The second-order valence-corrected chi connectivity index (χ2v) is 6.30. The van der Waals surface area contributed by atoms with Gasteiger partial charge in [-0.15, -0.1) is 0 Å². The lowest BCUT2D eigenvalue weighted by Crippen LogP contribution is -2.32. The van der Waals surface area contributed by atoms with E-state index in [0.717, 1.165) is 5.71 Å². The first-order valence-electron chi connectivity index (χ1n) is 7.78. The Morgan fingerprint density at radius 1 is 1.36 bits per heavy atom. The molecule has 3 rings (SSSR count). The molecule has 1 aromatic heterocycles. The van der Waals surface area contributed by atoms with Crippen molar-refractivity contribution in [3.05, 3.63) is 58.5 Å². The standard InChI is InChI=1S/C18H18N2O5/c1-12-8-18(2,25-19-12)11-20-9-14(17(22)23)16(21)15(10-20)24-13-6-4-3-5-7-13/h3-7,9-10H,8,11H2,1-2H3,(H,22,23)/t18-/m1/s1. The molecule has 25 heavy (non-hydrogen) atoms. The predicted octanol–water partition coefficient (Wildman–Crippen LogP) is 2.89. The molecular formula is C18H18N2O5. The normalized spacial score (nSPS) is 19.2. The van der Waals surface area contributed by atoms with Gasteiger partial charge in [0.15, 0.2) is 11.4 Å². The van der Waals surface area contributed by atoms with Crippen molar-refractivity contribution in [2.75, 3.05) is 0 Å². The average Bonchev–Trinajstić information content (AvgIpc) is 2.90. The number of para-hydroxylation sites is 1. The Kier molecular flexibility index (Phi) is 4.31. The van der Waals surface area contributed by atoms with Gasteiger partial charge in [-0.25, -0.2) is 4.79 Å². The molecule has 0 amide bonds. The Balaban J connectivity index is 1.96. The summed E-state index contributed by atoms with van der Waals surface area (Å²) in [5.41, 5.74) is -0.758. The summed E-state index contributed by atoms with van der Waals surface area (Å²) in [4.78, 5) is 29.2. The Bertz CT molecular complexity index is 888. The van der Waals surface area contributed by atoms with Crippen LogP contribution in [-0.4, -0.2) is 27.0 Å². The van der Waals surface area contributed by atoms with Gasteiger partial charge in [-0.05, 0) is 26.0 Å². The lowest BCUT2D eigenvalue weighted by molar-refractivity contribution is -0.0166. The van der Waals surface area contributed by atoms with E-state index in [-0.39, 0.29) is 11.3 Å². The quantitative estimate of drug-likeness (QED) is 0.902. The summed E-state index contributed by atoms with van der Waals surface area (Å²) >= 11 is 0. The summed E-state index contributed by atoms with van der Waals surface area (Å²) in [7, 11) is 0. The molecule has 2 heterocycles. The Morgan fingerprint density at radius 3 is 2.68 bits per heavy atom. The summed E-state index contributed by atoms with van der Waals surface area (Å²) < 4.78 is 7.19. The lowest BCUT2D eigenvalue weighted by Gasteiger charge is -2.23. The van der Waals surface area contributed by atoms with Crippen LogP contribution >= 0.6 is 0 Å². The van der Waals surface area contributed by atoms with Crippen LogP contribution in [-0.2, 0) is 11.4 Å². The highest BCUT2D eigenvalue weighted by Crippen LogP contribution is 2.26. The van der Waals surface area contributed by atoms with Crippen molar-refractivity contribution < 1.29 is 19.5 Å². The van der Waals surface area contributed by atoms with Crippen LogP contribution < -0.4 is 10.2 Å². The molecule has 2 aromatic rings. The van der Waals surface area contributed by atoms with Crippen molar-refractivity contribution in [2.24, 2.45) is 5.16 Å². The van der Waals surface area contributed by atoms with Gasteiger partial charge in [0.25, 0.3) is 0 Å². The maximum atomic E-state index is 12.4. The zero-order valence-corrected chi connectivity index (χ0v) is 13.9. The molecule has 0 saturated carbocycles. The van der Waals surface area contributed by atoms with Gasteiger partial charge in [0.2, 0.25) is 5.43 Å². The molecule has 7 nitrogen and oxygen atoms in total. The van der Waals surface area contributed by atoms with Crippen molar-refractivity contribution in [3.8, 4) is 11.5 Å². The van der Waals surface area contributed by atoms with Gasteiger partial charge in [-0.2, -0.15) is 0 Å². The van der Waals surface area contributed by atoms with Gasteiger partial charge < -0.3 is 19.2 Å². The first-order valence-corrected chi connectivity index (χ1v) is 7.78. The van der Waals surface area contributed by atoms with Gasteiger partial charge in [-0.1, -0.05) is 23.4 Å². The minimum absolute atomic E-state index is 0.0506. The maximum absolute atomic E-state index is 12.4. The smallest absolute Gasteiger partial charge is 0.341 e. The third-order valence-corrected chi connectivity index (χ3v) is 3.82. The molecule has 0 radical (unpaired) electrons. The van der Waals surface area contributed by atoms with E-state index in [1.165, 1.54) is 12.4 Å². The van der Waals surface area contributed by atoms with E-state index >= 15 is 0 Å². The zero-order valence-electron chi connectivity index (χ0n) is 13.9. The summed E-state index contributed by atoms with van der Waals surface area (Å²) in [6.45, 7) is 4.08. The molecule has 1 N–H and O–H groups in total. The topological polar surface area (TPSA) is 90.1 Å². The van der Waals surface area contributed by atoms with Gasteiger partial charge >= 0.3 is 5.97 Å². The van der Waals surface area contributed by atoms with Crippen LogP contribution in [0.3, 0.4) is 0 Å². The van der Waals surface area contributed by atoms with Crippen molar-refractivity contribution in [1.82, 2.24) is 4.57 Å². The maximum Gasteiger partial charge on any atom is 0.341 e. The molecule has 0 saturated heterocycles. The molecule has 0 fully saturated rings. The number of carboxylic acids is 1. The summed E-state index contributed by atoms with van der Waals surface area (Å²) in [6.07, 6.45) is 3.41. The minimum atomic E-state index is -1.30.